The fourth-order valence-corrected chi connectivity index (χ4v) is 2.74. The van der Waals surface area contributed by atoms with Crippen LogP contribution in [0, 0.1) is 0 Å². The van der Waals surface area contributed by atoms with Gasteiger partial charge in [0, 0.05) is 31.9 Å². The topological polar surface area (TPSA) is 64.7 Å². The number of carbonyl (C=O) groups is 1. The molecule has 0 fully saturated rings. The minimum atomic E-state index is -0.310. The van der Waals surface area contributed by atoms with Crippen molar-refractivity contribution in [2.24, 2.45) is 0 Å². The van der Waals surface area contributed by atoms with E-state index in [-0.39, 0.29) is 11.9 Å². The average Bonchev–Trinajstić information content (AvgIpc) is 3.21. The lowest BCUT2D eigenvalue weighted by molar-refractivity contribution is -0.124. The van der Waals surface area contributed by atoms with E-state index < -0.39 is 0 Å². The van der Waals surface area contributed by atoms with Crippen LogP contribution in [0.2, 0.25) is 0 Å². The SMILES string of the molecule is CCn1c(CCNC(=O)C(C)n2cccn2)nc2ccccc21. The molecule has 0 aliphatic heterocycles. The van der Waals surface area contributed by atoms with Crippen LogP contribution in [-0.4, -0.2) is 31.8 Å². The first kappa shape index (κ1) is 15.3. The summed E-state index contributed by atoms with van der Waals surface area (Å²) in [5.74, 6) is 0.966. The van der Waals surface area contributed by atoms with Gasteiger partial charge in [-0.3, -0.25) is 9.48 Å². The van der Waals surface area contributed by atoms with Gasteiger partial charge >= 0.3 is 0 Å². The molecule has 120 valence electrons. The number of nitrogens with zero attached hydrogens (tertiary/aromatic N) is 4. The van der Waals surface area contributed by atoms with Gasteiger partial charge in [0.15, 0.2) is 0 Å². The second-order valence-electron chi connectivity index (χ2n) is 5.46. The summed E-state index contributed by atoms with van der Waals surface area (Å²) in [7, 11) is 0. The molecule has 6 nitrogen and oxygen atoms in total. The predicted octanol–water partition coefficient (Wildman–Crippen LogP) is 2.17. The standard InChI is InChI=1S/C17H21N5O/c1-3-21-15-8-5-4-7-14(15)20-16(21)9-11-18-17(23)13(2)22-12-6-10-19-22/h4-8,10,12-13H,3,9,11H2,1-2H3,(H,18,23). The highest BCUT2D eigenvalue weighted by atomic mass is 16.2. The van der Waals surface area contributed by atoms with Gasteiger partial charge in [-0.1, -0.05) is 12.1 Å². The fourth-order valence-electron chi connectivity index (χ4n) is 2.74. The Hall–Kier alpha value is -2.63. The van der Waals surface area contributed by atoms with E-state index in [9.17, 15) is 4.79 Å². The molecule has 0 spiro atoms. The van der Waals surface area contributed by atoms with Crippen molar-refractivity contribution in [1.29, 1.82) is 0 Å². The highest BCUT2D eigenvalue weighted by molar-refractivity contribution is 5.79. The summed E-state index contributed by atoms with van der Waals surface area (Å²) >= 11 is 0. The first-order valence-electron chi connectivity index (χ1n) is 7.91. The molecule has 3 aromatic rings. The summed E-state index contributed by atoms with van der Waals surface area (Å²) in [4.78, 5) is 16.8. The zero-order valence-corrected chi connectivity index (χ0v) is 13.4. The first-order chi connectivity index (χ1) is 11.2. The molecule has 2 heterocycles. The molecule has 2 aromatic heterocycles. The van der Waals surface area contributed by atoms with E-state index in [2.05, 4.69) is 33.0 Å². The number of para-hydroxylation sites is 2. The number of fused-ring (bicyclic) bond motifs is 1. The Kier molecular flexibility index (Phi) is 4.41. The molecule has 0 saturated carbocycles. The predicted molar refractivity (Wildman–Crippen MR) is 89.1 cm³/mol. The summed E-state index contributed by atoms with van der Waals surface area (Å²) < 4.78 is 3.84. The summed E-state index contributed by atoms with van der Waals surface area (Å²) in [5, 5.41) is 7.06. The van der Waals surface area contributed by atoms with Crippen LogP contribution in [0.3, 0.4) is 0 Å². The van der Waals surface area contributed by atoms with Crippen molar-refractivity contribution in [3.05, 3.63) is 48.5 Å². The Morgan fingerprint density at radius 2 is 2.13 bits per heavy atom. The zero-order valence-electron chi connectivity index (χ0n) is 13.4. The minimum absolute atomic E-state index is 0.0344. The van der Waals surface area contributed by atoms with Gasteiger partial charge in [0.2, 0.25) is 5.91 Å². The highest BCUT2D eigenvalue weighted by Gasteiger charge is 2.15. The number of aromatic nitrogens is 4. The van der Waals surface area contributed by atoms with Crippen LogP contribution >= 0.6 is 0 Å². The third-order valence-corrected chi connectivity index (χ3v) is 4.00. The molecule has 3 rings (SSSR count). The van der Waals surface area contributed by atoms with Gasteiger partial charge in [-0.15, -0.1) is 0 Å². The van der Waals surface area contributed by atoms with Crippen LogP contribution in [0.4, 0.5) is 0 Å². The van der Waals surface area contributed by atoms with Crippen LogP contribution < -0.4 is 5.32 Å². The molecule has 0 radical (unpaired) electrons. The van der Waals surface area contributed by atoms with Gasteiger partial charge in [-0.05, 0) is 32.0 Å². The van der Waals surface area contributed by atoms with Crippen molar-refractivity contribution in [3.63, 3.8) is 0 Å². The Morgan fingerprint density at radius 3 is 2.87 bits per heavy atom. The van der Waals surface area contributed by atoms with E-state index in [1.807, 2.05) is 31.2 Å². The lowest BCUT2D eigenvalue weighted by Gasteiger charge is -2.12. The first-order valence-corrected chi connectivity index (χ1v) is 7.91. The van der Waals surface area contributed by atoms with Crippen molar-refractivity contribution < 1.29 is 4.79 Å². The quantitative estimate of drug-likeness (QED) is 0.759. The van der Waals surface area contributed by atoms with Crippen molar-refractivity contribution in [2.45, 2.75) is 32.9 Å². The second-order valence-corrected chi connectivity index (χ2v) is 5.46. The molecular formula is C17H21N5O. The largest absolute Gasteiger partial charge is 0.354 e. The van der Waals surface area contributed by atoms with Gasteiger partial charge < -0.3 is 9.88 Å². The number of imidazole rings is 1. The lowest BCUT2D eigenvalue weighted by Crippen LogP contribution is -2.33. The molecule has 0 aliphatic carbocycles. The van der Waals surface area contributed by atoms with Crippen molar-refractivity contribution in [1.82, 2.24) is 24.6 Å². The van der Waals surface area contributed by atoms with E-state index >= 15 is 0 Å². The second kappa shape index (κ2) is 6.64. The molecule has 0 saturated heterocycles. The smallest absolute Gasteiger partial charge is 0.244 e. The Balaban J connectivity index is 1.63. The molecule has 23 heavy (non-hydrogen) atoms. The summed E-state index contributed by atoms with van der Waals surface area (Å²) in [5.41, 5.74) is 2.14. The lowest BCUT2D eigenvalue weighted by atomic mass is 10.3. The van der Waals surface area contributed by atoms with E-state index in [0.29, 0.717) is 13.0 Å². The molecule has 0 bridgehead atoms. The fraction of sp³-hybridized carbons (Fsp3) is 0.353. The number of nitrogens with one attached hydrogen (secondary N) is 1. The third kappa shape index (κ3) is 3.11. The van der Waals surface area contributed by atoms with Crippen molar-refractivity contribution in [3.8, 4) is 0 Å². The van der Waals surface area contributed by atoms with Crippen LogP contribution in [0.5, 0.6) is 0 Å². The van der Waals surface area contributed by atoms with E-state index in [4.69, 9.17) is 0 Å². The van der Waals surface area contributed by atoms with Crippen LogP contribution in [-0.2, 0) is 17.8 Å². The molecule has 1 amide bonds. The monoisotopic (exact) mass is 311 g/mol. The zero-order chi connectivity index (χ0) is 16.2. The molecule has 1 aromatic carbocycles. The van der Waals surface area contributed by atoms with Gasteiger partial charge in [0.25, 0.3) is 0 Å². The van der Waals surface area contributed by atoms with E-state index in [1.54, 1.807) is 17.1 Å². The number of hydrogen-bond donors (Lipinski definition) is 1. The maximum atomic E-state index is 12.2. The summed E-state index contributed by atoms with van der Waals surface area (Å²) in [6, 6.07) is 9.61. The molecule has 1 atom stereocenters. The van der Waals surface area contributed by atoms with Crippen LogP contribution in [0.1, 0.15) is 25.7 Å². The van der Waals surface area contributed by atoms with Crippen molar-refractivity contribution in [2.75, 3.05) is 6.54 Å². The number of aryl methyl sites for hydroxylation is 1. The van der Waals surface area contributed by atoms with Gasteiger partial charge in [-0.25, -0.2) is 4.98 Å². The van der Waals surface area contributed by atoms with E-state index in [1.165, 1.54) is 0 Å². The number of benzene rings is 1. The molecule has 0 aliphatic rings. The number of rotatable bonds is 6. The summed E-state index contributed by atoms with van der Waals surface area (Å²) in [6.45, 7) is 5.38. The number of amides is 1. The number of hydrogen-bond acceptors (Lipinski definition) is 3. The van der Waals surface area contributed by atoms with Gasteiger partial charge in [0.05, 0.1) is 11.0 Å². The highest BCUT2D eigenvalue weighted by Crippen LogP contribution is 2.16. The van der Waals surface area contributed by atoms with Gasteiger partial charge in [0.1, 0.15) is 11.9 Å². The Bertz CT molecular complexity index is 791. The molecule has 1 N–H and O–H groups in total. The molecule has 6 heteroatoms. The molecular weight excluding hydrogens is 290 g/mol. The Morgan fingerprint density at radius 1 is 1.30 bits per heavy atom. The van der Waals surface area contributed by atoms with Gasteiger partial charge in [-0.2, -0.15) is 5.10 Å². The number of carbonyl (C=O) groups excluding carboxylic acids is 1. The average molecular weight is 311 g/mol. The summed E-state index contributed by atoms with van der Waals surface area (Å²) in [6.07, 6.45) is 4.17. The molecule has 1 unspecified atom stereocenters. The third-order valence-electron chi connectivity index (χ3n) is 4.00. The normalized spacial score (nSPS) is 12.4. The Labute approximate surface area is 135 Å². The van der Waals surface area contributed by atoms with E-state index in [0.717, 1.165) is 23.4 Å². The maximum absolute atomic E-state index is 12.2. The van der Waals surface area contributed by atoms with Crippen LogP contribution in [0.15, 0.2) is 42.7 Å². The van der Waals surface area contributed by atoms with Crippen molar-refractivity contribution >= 4 is 16.9 Å². The van der Waals surface area contributed by atoms with Crippen LogP contribution in [0.25, 0.3) is 11.0 Å². The minimum Gasteiger partial charge on any atom is -0.354 e. The maximum Gasteiger partial charge on any atom is 0.244 e.